The number of nitrogens with one attached hydrogen (secondary N) is 1. The van der Waals surface area contributed by atoms with Crippen molar-refractivity contribution in [2.45, 2.75) is 51.5 Å². The van der Waals surface area contributed by atoms with Crippen LogP contribution >= 0.6 is 0 Å². The van der Waals surface area contributed by atoms with Crippen molar-refractivity contribution in [1.82, 2.24) is 9.78 Å². The van der Waals surface area contributed by atoms with E-state index in [2.05, 4.69) is 10.4 Å². The highest BCUT2D eigenvalue weighted by molar-refractivity contribution is 7.91. The maximum absolute atomic E-state index is 12.2. The van der Waals surface area contributed by atoms with Crippen molar-refractivity contribution in [2.24, 2.45) is 5.92 Å². The summed E-state index contributed by atoms with van der Waals surface area (Å²) >= 11 is 0. The summed E-state index contributed by atoms with van der Waals surface area (Å²) in [5.41, 5.74) is 0.792. The lowest BCUT2D eigenvalue weighted by atomic mass is 10.0. The summed E-state index contributed by atoms with van der Waals surface area (Å²) in [6.45, 7) is 1.85. The second-order valence-electron chi connectivity index (χ2n) is 6.58. The second-order valence-corrected chi connectivity index (χ2v) is 8.80. The number of aromatic nitrogens is 2. The Morgan fingerprint density at radius 2 is 2.09 bits per heavy atom. The van der Waals surface area contributed by atoms with Gasteiger partial charge in [-0.25, -0.2) is 13.1 Å². The Balaban J connectivity index is 1.69. The molecule has 1 aliphatic carbocycles. The average Bonchev–Trinajstić information content (AvgIpc) is 3.11. The molecule has 1 atom stereocenters. The number of amides is 1. The van der Waals surface area contributed by atoms with Gasteiger partial charge in [0.1, 0.15) is 5.82 Å². The van der Waals surface area contributed by atoms with E-state index in [1.54, 1.807) is 4.68 Å². The summed E-state index contributed by atoms with van der Waals surface area (Å²) in [6, 6.07) is 1.65. The van der Waals surface area contributed by atoms with Crippen molar-refractivity contribution < 1.29 is 13.2 Å². The molecular formula is C15H23N3O3S. The van der Waals surface area contributed by atoms with Gasteiger partial charge in [0.25, 0.3) is 0 Å². The number of anilines is 1. The monoisotopic (exact) mass is 325 g/mol. The number of hydrogen-bond donors (Lipinski definition) is 1. The lowest BCUT2D eigenvalue weighted by Gasteiger charge is -2.15. The molecular weight excluding hydrogens is 302 g/mol. The van der Waals surface area contributed by atoms with Crippen LogP contribution in [0.2, 0.25) is 0 Å². The summed E-state index contributed by atoms with van der Waals surface area (Å²) in [5.74, 6) is 1.44. The average molecular weight is 325 g/mol. The van der Waals surface area contributed by atoms with E-state index < -0.39 is 9.84 Å². The van der Waals surface area contributed by atoms with E-state index in [0.29, 0.717) is 24.6 Å². The Hall–Kier alpha value is -1.37. The van der Waals surface area contributed by atoms with Gasteiger partial charge in [-0.05, 0) is 32.1 Å². The van der Waals surface area contributed by atoms with E-state index in [1.165, 1.54) is 12.8 Å². The molecule has 1 aromatic rings. The molecule has 0 radical (unpaired) electrons. The molecule has 2 aliphatic rings. The summed E-state index contributed by atoms with van der Waals surface area (Å²) in [7, 11) is -2.97. The van der Waals surface area contributed by atoms with Crippen LogP contribution in [0.1, 0.15) is 50.3 Å². The topological polar surface area (TPSA) is 81.1 Å². The Morgan fingerprint density at radius 1 is 1.36 bits per heavy atom. The number of sulfone groups is 1. The molecule has 1 unspecified atom stereocenters. The summed E-state index contributed by atoms with van der Waals surface area (Å²) < 4.78 is 25.0. The maximum atomic E-state index is 12.2. The largest absolute Gasteiger partial charge is 0.311 e. The fourth-order valence-corrected chi connectivity index (χ4v) is 5.22. The van der Waals surface area contributed by atoms with Crippen LogP contribution in [0.4, 0.5) is 5.82 Å². The second kappa shape index (κ2) is 6.02. The molecule has 1 amide bonds. The number of hydrogen-bond acceptors (Lipinski definition) is 4. The van der Waals surface area contributed by atoms with Crippen LogP contribution in [0.3, 0.4) is 0 Å². The van der Waals surface area contributed by atoms with E-state index in [9.17, 15) is 13.2 Å². The van der Waals surface area contributed by atoms with Crippen LogP contribution < -0.4 is 5.32 Å². The molecule has 3 rings (SSSR count). The molecule has 1 aliphatic heterocycles. The first-order chi connectivity index (χ1) is 10.4. The Morgan fingerprint density at radius 3 is 2.73 bits per heavy atom. The van der Waals surface area contributed by atoms with Gasteiger partial charge in [-0.1, -0.05) is 12.8 Å². The molecule has 2 fully saturated rings. The van der Waals surface area contributed by atoms with Crippen LogP contribution in [0, 0.1) is 12.8 Å². The van der Waals surface area contributed by atoms with E-state index in [4.69, 9.17) is 0 Å². The SMILES string of the molecule is Cc1cc(NC(=O)CC2CCCC2)n(C2CCS(=O)(=O)C2)n1. The Bertz CT molecular complexity index is 660. The van der Waals surface area contributed by atoms with Gasteiger partial charge in [-0.15, -0.1) is 0 Å². The fraction of sp³-hybridized carbons (Fsp3) is 0.733. The van der Waals surface area contributed by atoms with Crippen LogP contribution in [-0.4, -0.2) is 35.6 Å². The minimum Gasteiger partial charge on any atom is -0.311 e. The highest BCUT2D eigenvalue weighted by Gasteiger charge is 2.31. The highest BCUT2D eigenvalue weighted by Crippen LogP contribution is 2.29. The normalized spacial score (nSPS) is 24.7. The summed E-state index contributed by atoms with van der Waals surface area (Å²) in [4.78, 5) is 12.2. The minimum atomic E-state index is -2.97. The lowest BCUT2D eigenvalue weighted by molar-refractivity contribution is -0.117. The van der Waals surface area contributed by atoms with E-state index in [1.807, 2.05) is 13.0 Å². The number of carbonyl (C=O) groups excluding carboxylic acids is 1. The first kappa shape index (κ1) is 15.5. The third kappa shape index (κ3) is 3.51. The quantitative estimate of drug-likeness (QED) is 0.919. The Labute approximate surface area is 131 Å². The van der Waals surface area contributed by atoms with Crippen LogP contribution in [0.5, 0.6) is 0 Å². The first-order valence-corrected chi connectivity index (χ1v) is 9.81. The zero-order valence-corrected chi connectivity index (χ0v) is 13.7. The van der Waals surface area contributed by atoms with Crippen molar-refractivity contribution in [1.29, 1.82) is 0 Å². The molecule has 1 saturated heterocycles. The van der Waals surface area contributed by atoms with Crippen molar-refractivity contribution >= 4 is 21.6 Å². The number of aryl methyl sites for hydroxylation is 1. The smallest absolute Gasteiger partial charge is 0.225 e. The molecule has 0 aromatic carbocycles. The lowest BCUT2D eigenvalue weighted by Crippen LogP contribution is -2.20. The summed E-state index contributed by atoms with van der Waals surface area (Å²) in [6.07, 6.45) is 5.81. The van der Waals surface area contributed by atoms with E-state index in [0.717, 1.165) is 18.5 Å². The van der Waals surface area contributed by atoms with Crippen LogP contribution in [0.25, 0.3) is 0 Å². The molecule has 1 saturated carbocycles. The molecule has 22 heavy (non-hydrogen) atoms. The number of nitrogens with zero attached hydrogens (tertiary/aromatic N) is 2. The molecule has 2 heterocycles. The third-order valence-electron chi connectivity index (χ3n) is 4.63. The van der Waals surface area contributed by atoms with E-state index in [-0.39, 0.29) is 23.5 Å². The molecule has 0 bridgehead atoms. The van der Waals surface area contributed by atoms with Gasteiger partial charge in [0.05, 0.1) is 23.2 Å². The minimum absolute atomic E-state index is 0.00824. The predicted molar refractivity (Wildman–Crippen MR) is 84.5 cm³/mol. The number of rotatable bonds is 4. The fourth-order valence-electron chi connectivity index (χ4n) is 3.53. The zero-order chi connectivity index (χ0) is 15.7. The van der Waals surface area contributed by atoms with Crippen molar-refractivity contribution in [2.75, 3.05) is 16.8 Å². The van der Waals surface area contributed by atoms with Crippen LogP contribution in [-0.2, 0) is 14.6 Å². The molecule has 0 spiro atoms. The van der Waals surface area contributed by atoms with Gasteiger partial charge in [0.2, 0.25) is 5.91 Å². The molecule has 7 heteroatoms. The highest BCUT2D eigenvalue weighted by atomic mass is 32.2. The van der Waals surface area contributed by atoms with Gasteiger partial charge in [-0.2, -0.15) is 5.10 Å². The zero-order valence-electron chi connectivity index (χ0n) is 12.9. The van der Waals surface area contributed by atoms with Gasteiger partial charge in [-0.3, -0.25) is 4.79 Å². The van der Waals surface area contributed by atoms with Crippen molar-refractivity contribution in [3.05, 3.63) is 11.8 Å². The molecule has 122 valence electrons. The standard InChI is InChI=1S/C15H23N3O3S/c1-11-8-14(16-15(19)9-12-4-2-3-5-12)18(17-11)13-6-7-22(20,21)10-13/h8,12-13H,2-7,9-10H2,1H3,(H,16,19). The van der Waals surface area contributed by atoms with Gasteiger partial charge in [0.15, 0.2) is 9.84 Å². The Kier molecular flexibility index (Phi) is 4.25. The first-order valence-electron chi connectivity index (χ1n) is 7.99. The number of carbonyl (C=O) groups is 1. The van der Waals surface area contributed by atoms with E-state index >= 15 is 0 Å². The summed E-state index contributed by atoms with van der Waals surface area (Å²) in [5, 5.41) is 7.31. The predicted octanol–water partition coefficient (Wildman–Crippen LogP) is 2.07. The maximum Gasteiger partial charge on any atom is 0.225 e. The molecule has 6 nitrogen and oxygen atoms in total. The third-order valence-corrected chi connectivity index (χ3v) is 6.38. The van der Waals surface area contributed by atoms with Crippen molar-refractivity contribution in [3.8, 4) is 0 Å². The van der Waals surface area contributed by atoms with Gasteiger partial charge in [0, 0.05) is 12.5 Å². The van der Waals surface area contributed by atoms with Crippen molar-refractivity contribution in [3.63, 3.8) is 0 Å². The molecule has 1 aromatic heterocycles. The van der Waals surface area contributed by atoms with Crippen LogP contribution in [0.15, 0.2) is 6.07 Å². The van der Waals surface area contributed by atoms with Gasteiger partial charge >= 0.3 is 0 Å². The molecule has 1 N–H and O–H groups in total. The van der Waals surface area contributed by atoms with Gasteiger partial charge < -0.3 is 5.32 Å².